The van der Waals surface area contributed by atoms with Crippen LogP contribution in [0.3, 0.4) is 0 Å². The third-order valence-corrected chi connectivity index (χ3v) is 4.69. The molecule has 0 saturated heterocycles. The fraction of sp³-hybridized carbons (Fsp3) is 0.0952. The van der Waals surface area contributed by atoms with Gasteiger partial charge in [-0.05, 0) is 53.9 Å². The van der Waals surface area contributed by atoms with E-state index in [-0.39, 0.29) is 0 Å². The molecule has 1 N–H and O–H groups in total. The van der Waals surface area contributed by atoms with Gasteiger partial charge in [-0.25, -0.2) is 9.97 Å². The molecule has 0 atom stereocenters. The third kappa shape index (κ3) is 2.89. The van der Waals surface area contributed by atoms with Crippen molar-refractivity contribution in [2.24, 2.45) is 0 Å². The lowest BCUT2D eigenvalue weighted by Crippen LogP contribution is -2.00. The van der Waals surface area contributed by atoms with Crippen molar-refractivity contribution >= 4 is 28.3 Å². The van der Waals surface area contributed by atoms with E-state index in [4.69, 9.17) is 16.6 Å². The molecule has 0 aliphatic carbocycles. The van der Waals surface area contributed by atoms with Gasteiger partial charge in [0.25, 0.3) is 0 Å². The predicted molar refractivity (Wildman–Crippen MR) is 107 cm³/mol. The average Bonchev–Trinajstić information content (AvgIpc) is 2.69. The van der Waals surface area contributed by atoms with Crippen LogP contribution in [0.4, 0.5) is 5.82 Å². The average molecular weight is 361 g/mol. The number of hydrogen-bond donors (Lipinski definition) is 1. The van der Waals surface area contributed by atoms with Gasteiger partial charge in [0.2, 0.25) is 0 Å². The third-order valence-electron chi connectivity index (χ3n) is 4.43. The summed E-state index contributed by atoms with van der Waals surface area (Å²) in [6.07, 6.45) is 3.52. The van der Waals surface area contributed by atoms with E-state index in [9.17, 15) is 0 Å². The van der Waals surface area contributed by atoms with Crippen molar-refractivity contribution in [2.45, 2.75) is 6.92 Å². The number of pyridine rings is 1. The molecule has 4 aromatic rings. The van der Waals surface area contributed by atoms with E-state index in [0.717, 1.165) is 44.0 Å². The molecular formula is C21H17ClN4. The van der Waals surface area contributed by atoms with Crippen LogP contribution in [0.1, 0.15) is 5.56 Å². The highest BCUT2D eigenvalue weighted by Gasteiger charge is 2.13. The fourth-order valence-corrected chi connectivity index (χ4v) is 3.22. The maximum absolute atomic E-state index is 6.03. The lowest BCUT2D eigenvalue weighted by atomic mass is 9.98. The normalized spacial score (nSPS) is 10.9. The molecule has 0 aliphatic heterocycles. The molecule has 5 heteroatoms. The van der Waals surface area contributed by atoms with Gasteiger partial charge in [0.15, 0.2) is 5.82 Å². The molecule has 0 spiro atoms. The molecule has 0 saturated carbocycles. The second kappa shape index (κ2) is 6.73. The number of nitrogens with one attached hydrogen (secondary N) is 1. The molecule has 26 heavy (non-hydrogen) atoms. The highest BCUT2D eigenvalue weighted by atomic mass is 35.5. The van der Waals surface area contributed by atoms with Crippen LogP contribution in [0.25, 0.3) is 33.4 Å². The first kappa shape index (κ1) is 16.5. The standard InChI is InChI=1S/C21H17ClN4/c1-13-17(14-5-7-16(22)8-6-14)9-10-18-19(13)25-20(26-21(18)23-2)15-4-3-11-24-12-15/h3-12H,1-2H3,(H,23,25,26). The monoisotopic (exact) mass is 360 g/mol. The molecule has 4 nitrogen and oxygen atoms in total. The second-order valence-electron chi connectivity index (χ2n) is 6.03. The molecule has 2 heterocycles. The zero-order chi connectivity index (χ0) is 18.1. The van der Waals surface area contributed by atoms with Crippen LogP contribution >= 0.6 is 11.6 Å². The number of anilines is 1. The number of aryl methyl sites for hydroxylation is 1. The summed E-state index contributed by atoms with van der Waals surface area (Å²) in [5.74, 6) is 1.46. The van der Waals surface area contributed by atoms with Crippen molar-refractivity contribution in [3.05, 3.63) is 71.5 Å². The number of fused-ring (bicyclic) bond motifs is 1. The van der Waals surface area contributed by atoms with E-state index in [1.54, 1.807) is 12.4 Å². The number of aromatic nitrogens is 3. The van der Waals surface area contributed by atoms with Crippen LogP contribution < -0.4 is 5.32 Å². The highest BCUT2D eigenvalue weighted by molar-refractivity contribution is 6.30. The van der Waals surface area contributed by atoms with Gasteiger partial charge >= 0.3 is 0 Å². The summed E-state index contributed by atoms with van der Waals surface area (Å²) >= 11 is 6.03. The lowest BCUT2D eigenvalue weighted by molar-refractivity contribution is 1.19. The van der Waals surface area contributed by atoms with Gasteiger partial charge in [-0.2, -0.15) is 0 Å². The van der Waals surface area contributed by atoms with Crippen LogP contribution in [-0.4, -0.2) is 22.0 Å². The van der Waals surface area contributed by atoms with E-state index in [0.29, 0.717) is 5.82 Å². The zero-order valence-corrected chi connectivity index (χ0v) is 15.2. The van der Waals surface area contributed by atoms with Crippen LogP contribution in [0, 0.1) is 6.92 Å². The molecule has 0 radical (unpaired) electrons. The Kier molecular flexibility index (Phi) is 4.27. The molecular weight excluding hydrogens is 344 g/mol. The molecule has 0 aliphatic rings. The van der Waals surface area contributed by atoms with Crippen LogP contribution in [0.5, 0.6) is 0 Å². The molecule has 0 unspecified atom stereocenters. The highest BCUT2D eigenvalue weighted by Crippen LogP contribution is 2.33. The van der Waals surface area contributed by atoms with Crippen molar-refractivity contribution in [1.82, 2.24) is 15.0 Å². The van der Waals surface area contributed by atoms with Gasteiger partial charge in [-0.15, -0.1) is 0 Å². The minimum Gasteiger partial charge on any atom is -0.373 e. The van der Waals surface area contributed by atoms with Crippen molar-refractivity contribution in [3.63, 3.8) is 0 Å². The Balaban J connectivity index is 1.96. The fourth-order valence-electron chi connectivity index (χ4n) is 3.09. The maximum Gasteiger partial charge on any atom is 0.163 e. The summed E-state index contributed by atoms with van der Waals surface area (Å²) in [6.45, 7) is 2.09. The largest absolute Gasteiger partial charge is 0.373 e. The number of halogens is 1. The van der Waals surface area contributed by atoms with E-state index >= 15 is 0 Å². The summed E-state index contributed by atoms with van der Waals surface area (Å²) in [6, 6.07) is 15.9. The first-order valence-corrected chi connectivity index (χ1v) is 8.70. The van der Waals surface area contributed by atoms with Crippen LogP contribution in [0.2, 0.25) is 5.02 Å². The Bertz CT molecular complexity index is 1080. The van der Waals surface area contributed by atoms with Gasteiger partial charge in [0.1, 0.15) is 5.82 Å². The van der Waals surface area contributed by atoms with Crippen molar-refractivity contribution in [2.75, 3.05) is 12.4 Å². The SMILES string of the molecule is CNc1nc(-c2cccnc2)nc2c(C)c(-c3ccc(Cl)cc3)ccc12. The number of nitrogens with zero attached hydrogens (tertiary/aromatic N) is 3. The summed E-state index contributed by atoms with van der Waals surface area (Å²) < 4.78 is 0. The summed E-state index contributed by atoms with van der Waals surface area (Å²) in [7, 11) is 1.87. The summed E-state index contributed by atoms with van der Waals surface area (Å²) in [5.41, 5.74) is 5.17. The molecule has 0 bridgehead atoms. The van der Waals surface area contributed by atoms with Crippen LogP contribution in [-0.2, 0) is 0 Å². The van der Waals surface area contributed by atoms with Crippen molar-refractivity contribution < 1.29 is 0 Å². The minimum absolute atomic E-state index is 0.659. The summed E-state index contributed by atoms with van der Waals surface area (Å²) in [5, 5.41) is 4.91. The smallest absolute Gasteiger partial charge is 0.163 e. The molecule has 0 fully saturated rings. The van der Waals surface area contributed by atoms with E-state index in [1.807, 2.05) is 43.4 Å². The number of rotatable bonds is 3. The first-order chi connectivity index (χ1) is 12.7. The van der Waals surface area contributed by atoms with Crippen LogP contribution in [0.15, 0.2) is 60.9 Å². The maximum atomic E-state index is 6.03. The first-order valence-electron chi connectivity index (χ1n) is 8.33. The Labute approximate surface area is 156 Å². The quantitative estimate of drug-likeness (QED) is 0.534. The van der Waals surface area contributed by atoms with Gasteiger partial charge in [0.05, 0.1) is 5.52 Å². The van der Waals surface area contributed by atoms with E-state index < -0.39 is 0 Å². The second-order valence-corrected chi connectivity index (χ2v) is 6.47. The molecule has 2 aromatic heterocycles. The summed E-state index contributed by atoms with van der Waals surface area (Å²) in [4.78, 5) is 13.7. The predicted octanol–water partition coefficient (Wildman–Crippen LogP) is 5.36. The van der Waals surface area contributed by atoms with Crippen molar-refractivity contribution in [3.8, 4) is 22.5 Å². The topological polar surface area (TPSA) is 50.7 Å². The minimum atomic E-state index is 0.659. The molecule has 0 amide bonds. The van der Waals surface area contributed by atoms with Gasteiger partial charge in [-0.3, -0.25) is 4.98 Å². The number of benzene rings is 2. The lowest BCUT2D eigenvalue weighted by Gasteiger charge is -2.13. The Hall–Kier alpha value is -2.98. The molecule has 4 rings (SSSR count). The van der Waals surface area contributed by atoms with Gasteiger partial charge < -0.3 is 5.32 Å². The van der Waals surface area contributed by atoms with Gasteiger partial charge in [-0.1, -0.05) is 29.8 Å². The Morgan fingerprint density at radius 3 is 2.42 bits per heavy atom. The number of hydrogen-bond acceptors (Lipinski definition) is 4. The Morgan fingerprint density at radius 2 is 1.73 bits per heavy atom. The Morgan fingerprint density at radius 1 is 0.923 bits per heavy atom. The zero-order valence-electron chi connectivity index (χ0n) is 14.5. The molecule has 2 aromatic carbocycles. The molecule has 128 valence electrons. The van der Waals surface area contributed by atoms with Crippen molar-refractivity contribution in [1.29, 1.82) is 0 Å². The van der Waals surface area contributed by atoms with E-state index in [1.165, 1.54) is 0 Å². The van der Waals surface area contributed by atoms with E-state index in [2.05, 4.69) is 34.3 Å². The van der Waals surface area contributed by atoms with Gasteiger partial charge in [0, 0.05) is 35.4 Å².